The zero-order valence-electron chi connectivity index (χ0n) is 16.9. The van der Waals surface area contributed by atoms with Gasteiger partial charge in [0.2, 0.25) is 5.95 Å². The van der Waals surface area contributed by atoms with Crippen LogP contribution in [-0.4, -0.2) is 33.4 Å². The smallest absolute Gasteiger partial charge is 0.294 e. The highest BCUT2D eigenvalue weighted by molar-refractivity contribution is 7.96. The molecule has 0 aliphatic carbocycles. The number of nitrogens with zero attached hydrogens (tertiary/aromatic N) is 3. The minimum atomic E-state index is -0.894. The van der Waals surface area contributed by atoms with Gasteiger partial charge in [-0.05, 0) is 37.3 Å². The highest BCUT2D eigenvalue weighted by Crippen LogP contribution is 2.25. The van der Waals surface area contributed by atoms with Gasteiger partial charge < -0.3 is 10.1 Å². The lowest BCUT2D eigenvalue weighted by Crippen LogP contribution is -2.25. The maximum Gasteiger partial charge on any atom is 0.294 e. The normalized spacial score (nSPS) is 12.2. The van der Waals surface area contributed by atoms with Crippen molar-refractivity contribution in [3.63, 3.8) is 0 Å². The maximum absolute atomic E-state index is 13.9. The first-order chi connectivity index (χ1) is 14.4. The molecular weight excluding hydrogens is 412 g/mol. The summed E-state index contributed by atoms with van der Waals surface area (Å²) < 4.78 is 36.9. The number of rotatable bonds is 9. The first kappa shape index (κ1) is 22.0. The highest BCUT2D eigenvalue weighted by atomic mass is 32.2. The average molecular weight is 436 g/mol. The van der Waals surface area contributed by atoms with Crippen molar-refractivity contribution in [2.75, 3.05) is 18.1 Å². The molecule has 0 radical (unpaired) electrons. The molecule has 160 valence electrons. The minimum Gasteiger partial charge on any atom is -0.448 e. The van der Waals surface area contributed by atoms with Gasteiger partial charge in [-0.15, -0.1) is 0 Å². The molecule has 3 rings (SSSR count). The van der Waals surface area contributed by atoms with E-state index in [1.807, 2.05) is 6.26 Å². The van der Waals surface area contributed by atoms with Crippen molar-refractivity contribution in [3.8, 4) is 11.5 Å². The van der Waals surface area contributed by atoms with Gasteiger partial charge in [0, 0.05) is 37.3 Å². The van der Waals surface area contributed by atoms with E-state index in [-0.39, 0.29) is 17.5 Å². The standard InChI is InChI=1S/C20H23F2N5O2S/c1-4-14(7-8-24-30-3)25-20-23-11-12-9-17(19(28)27(2)18(12)26-20)29-16-6-5-13(21)10-15(16)22/h5-6,9-11,14,24H,4,7-8H2,1-3H3,(H,23,25,26). The van der Waals surface area contributed by atoms with Gasteiger partial charge in [-0.2, -0.15) is 4.98 Å². The number of anilines is 1. The monoisotopic (exact) mass is 435 g/mol. The van der Waals surface area contributed by atoms with Crippen LogP contribution in [0.4, 0.5) is 14.7 Å². The SMILES string of the molecule is CCC(CCNSC)Nc1ncc2cc(Oc3ccc(F)cc3F)c(=O)n(C)c2n1. The number of aromatic nitrogens is 3. The largest absolute Gasteiger partial charge is 0.448 e. The van der Waals surface area contributed by atoms with Crippen molar-refractivity contribution in [3.05, 3.63) is 52.5 Å². The Morgan fingerprint density at radius 2 is 2.07 bits per heavy atom. The van der Waals surface area contributed by atoms with Crippen molar-refractivity contribution in [1.29, 1.82) is 0 Å². The van der Waals surface area contributed by atoms with Gasteiger partial charge in [-0.1, -0.05) is 18.9 Å². The van der Waals surface area contributed by atoms with Gasteiger partial charge in [0.25, 0.3) is 5.56 Å². The van der Waals surface area contributed by atoms with E-state index >= 15 is 0 Å². The van der Waals surface area contributed by atoms with Crippen LogP contribution in [0.1, 0.15) is 19.8 Å². The van der Waals surface area contributed by atoms with Gasteiger partial charge in [0.05, 0.1) is 0 Å². The fourth-order valence-electron chi connectivity index (χ4n) is 2.93. The summed E-state index contributed by atoms with van der Waals surface area (Å²) in [5, 5.41) is 3.84. The molecule has 3 aromatic rings. The van der Waals surface area contributed by atoms with Crippen LogP contribution in [-0.2, 0) is 7.05 Å². The molecule has 2 heterocycles. The van der Waals surface area contributed by atoms with E-state index < -0.39 is 17.2 Å². The fraction of sp³-hybridized carbons (Fsp3) is 0.350. The molecule has 0 spiro atoms. The van der Waals surface area contributed by atoms with Crippen molar-refractivity contribution in [2.24, 2.45) is 7.05 Å². The molecule has 1 aromatic carbocycles. The van der Waals surface area contributed by atoms with Gasteiger partial charge in [0.15, 0.2) is 17.3 Å². The van der Waals surface area contributed by atoms with E-state index in [2.05, 4.69) is 26.9 Å². The van der Waals surface area contributed by atoms with E-state index in [0.29, 0.717) is 23.0 Å². The summed E-state index contributed by atoms with van der Waals surface area (Å²) in [6, 6.07) is 4.52. The number of fused-ring (bicyclic) bond motifs is 1. The third kappa shape index (κ3) is 5.06. The maximum atomic E-state index is 13.9. The number of pyridine rings is 1. The summed E-state index contributed by atoms with van der Waals surface area (Å²) in [7, 11) is 1.55. The topological polar surface area (TPSA) is 81.1 Å². The molecule has 0 bridgehead atoms. The van der Waals surface area contributed by atoms with Crippen LogP contribution in [0.25, 0.3) is 11.0 Å². The number of benzene rings is 1. The average Bonchev–Trinajstić information content (AvgIpc) is 2.73. The molecule has 0 saturated carbocycles. The van der Waals surface area contributed by atoms with Crippen LogP contribution in [0.3, 0.4) is 0 Å². The first-order valence-electron chi connectivity index (χ1n) is 9.45. The third-order valence-electron chi connectivity index (χ3n) is 4.59. The molecule has 0 fully saturated rings. The van der Waals surface area contributed by atoms with Crippen molar-refractivity contribution in [1.82, 2.24) is 19.3 Å². The molecule has 0 amide bonds. The van der Waals surface area contributed by atoms with Gasteiger partial charge >= 0.3 is 0 Å². The second-order valence-corrected chi connectivity index (χ2v) is 7.36. The van der Waals surface area contributed by atoms with Crippen LogP contribution in [0.15, 0.2) is 35.3 Å². The lowest BCUT2D eigenvalue weighted by Gasteiger charge is -2.17. The summed E-state index contributed by atoms with van der Waals surface area (Å²) in [4.78, 5) is 21.5. The summed E-state index contributed by atoms with van der Waals surface area (Å²) in [5.74, 6) is -1.54. The van der Waals surface area contributed by atoms with Gasteiger partial charge in [-0.3, -0.25) is 14.1 Å². The number of ether oxygens (including phenoxy) is 1. The highest BCUT2D eigenvalue weighted by Gasteiger charge is 2.15. The summed E-state index contributed by atoms with van der Waals surface area (Å²) in [5.41, 5.74) is -0.0754. The van der Waals surface area contributed by atoms with Crippen LogP contribution < -0.4 is 20.3 Å². The lowest BCUT2D eigenvalue weighted by atomic mass is 10.1. The molecule has 1 unspecified atom stereocenters. The molecule has 1 atom stereocenters. The molecule has 30 heavy (non-hydrogen) atoms. The Bertz CT molecular complexity index is 1090. The quantitative estimate of drug-likeness (QED) is 0.390. The Labute approximate surface area is 177 Å². The minimum absolute atomic E-state index is 0.102. The summed E-state index contributed by atoms with van der Waals surface area (Å²) >= 11 is 1.57. The zero-order valence-corrected chi connectivity index (χ0v) is 17.7. The summed E-state index contributed by atoms with van der Waals surface area (Å²) in [6.45, 7) is 2.92. The number of halogens is 2. The number of hydrogen-bond donors (Lipinski definition) is 2. The van der Waals surface area contributed by atoms with Crippen molar-refractivity contribution >= 4 is 28.9 Å². The van der Waals surface area contributed by atoms with E-state index in [1.165, 1.54) is 10.6 Å². The molecule has 2 aromatic heterocycles. The molecule has 7 nitrogen and oxygen atoms in total. The predicted octanol–water partition coefficient (Wildman–Crippen LogP) is 3.85. The number of nitrogens with one attached hydrogen (secondary N) is 2. The Kier molecular flexibility index (Phi) is 7.22. The van der Waals surface area contributed by atoms with Gasteiger partial charge in [-0.25, -0.2) is 13.8 Å². The first-order valence-corrected chi connectivity index (χ1v) is 10.7. The Balaban J connectivity index is 1.87. The number of hydrogen-bond acceptors (Lipinski definition) is 7. The molecule has 0 saturated heterocycles. The Morgan fingerprint density at radius 1 is 1.27 bits per heavy atom. The van der Waals surface area contributed by atoms with Crippen LogP contribution >= 0.6 is 11.9 Å². The van der Waals surface area contributed by atoms with E-state index in [0.717, 1.165) is 31.5 Å². The molecular formula is C20H23F2N5O2S. The van der Waals surface area contributed by atoms with E-state index in [9.17, 15) is 13.6 Å². The van der Waals surface area contributed by atoms with E-state index in [4.69, 9.17) is 4.74 Å². The molecule has 10 heteroatoms. The van der Waals surface area contributed by atoms with Crippen LogP contribution in [0, 0.1) is 11.6 Å². The van der Waals surface area contributed by atoms with Gasteiger partial charge in [0.1, 0.15) is 11.5 Å². The molecule has 0 aliphatic rings. The molecule has 0 aliphatic heterocycles. The Morgan fingerprint density at radius 3 is 2.77 bits per heavy atom. The third-order valence-corrected chi connectivity index (χ3v) is 5.09. The number of aryl methyl sites for hydroxylation is 1. The van der Waals surface area contributed by atoms with Crippen molar-refractivity contribution in [2.45, 2.75) is 25.8 Å². The lowest BCUT2D eigenvalue weighted by molar-refractivity contribution is 0.430. The second kappa shape index (κ2) is 9.86. The summed E-state index contributed by atoms with van der Waals surface area (Å²) in [6.07, 6.45) is 5.34. The predicted molar refractivity (Wildman–Crippen MR) is 115 cm³/mol. The van der Waals surface area contributed by atoms with Crippen LogP contribution in [0.2, 0.25) is 0 Å². The second-order valence-electron chi connectivity index (χ2n) is 6.66. The fourth-order valence-corrected chi connectivity index (χ4v) is 3.25. The van der Waals surface area contributed by atoms with Crippen LogP contribution in [0.5, 0.6) is 11.5 Å². The van der Waals surface area contributed by atoms with Crippen molar-refractivity contribution < 1.29 is 13.5 Å². The Hall–Kier alpha value is -2.72. The van der Waals surface area contributed by atoms with E-state index in [1.54, 1.807) is 25.2 Å². The molecule has 2 N–H and O–H groups in total. The zero-order chi connectivity index (χ0) is 21.7.